The topological polar surface area (TPSA) is 99.4 Å². The zero-order chi connectivity index (χ0) is 19.8. The van der Waals surface area contributed by atoms with E-state index in [0.717, 1.165) is 23.3 Å². The van der Waals surface area contributed by atoms with Crippen molar-refractivity contribution in [3.63, 3.8) is 0 Å². The summed E-state index contributed by atoms with van der Waals surface area (Å²) in [6.45, 7) is -0.429. The molecule has 2 aromatic rings. The SMILES string of the molecule is COc1ccc(C2Cc3cc([C@@H]4O[C@H](CO)[C@@H](O)[C@H](O)[C@H]4O)ccc3S2)cc1. The summed E-state index contributed by atoms with van der Waals surface area (Å²) in [5, 5.41) is 40.1. The van der Waals surface area contributed by atoms with E-state index in [0.29, 0.717) is 5.25 Å². The van der Waals surface area contributed by atoms with Crippen molar-refractivity contribution >= 4 is 11.8 Å². The number of rotatable bonds is 4. The molecular formula is C21H24O6S. The molecule has 28 heavy (non-hydrogen) atoms. The summed E-state index contributed by atoms with van der Waals surface area (Å²) in [6, 6.07) is 13.9. The van der Waals surface area contributed by atoms with Gasteiger partial charge in [0.25, 0.3) is 0 Å². The first kappa shape index (κ1) is 19.7. The third-order valence-corrected chi connectivity index (χ3v) is 6.84. The van der Waals surface area contributed by atoms with Gasteiger partial charge >= 0.3 is 0 Å². The van der Waals surface area contributed by atoms with Gasteiger partial charge < -0.3 is 29.9 Å². The Balaban J connectivity index is 1.54. The van der Waals surface area contributed by atoms with E-state index in [1.54, 1.807) is 18.9 Å². The van der Waals surface area contributed by atoms with Gasteiger partial charge in [-0.1, -0.05) is 24.3 Å². The lowest BCUT2D eigenvalue weighted by atomic mass is 9.90. The summed E-state index contributed by atoms with van der Waals surface area (Å²) in [4.78, 5) is 1.18. The van der Waals surface area contributed by atoms with Crippen molar-refractivity contribution in [3.05, 3.63) is 59.2 Å². The number of hydrogen-bond donors (Lipinski definition) is 4. The molecule has 0 radical (unpaired) electrons. The highest BCUT2D eigenvalue weighted by Gasteiger charge is 2.44. The van der Waals surface area contributed by atoms with Crippen molar-refractivity contribution in [1.82, 2.24) is 0 Å². The van der Waals surface area contributed by atoms with Gasteiger partial charge in [0, 0.05) is 10.1 Å². The van der Waals surface area contributed by atoms with E-state index in [2.05, 4.69) is 12.1 Å². The molecule has 0 bridgehead atoms. The quantitative estimate of drug-likeness (QED) is 0.614. The van der Waals surface area contributed by atoms with Crippen LogP contribution in [0.2, 0.25) is 0 Å². The molecule has 150 valence electrons. The molecule has 6 nitrogen and oxygen atoms in total. The van der Waals surface area contributed by atoms with Crippen LogP contribution >= 0.6 is 11.8 Å². The fourth-order valence-corrected chi connectivity index (χ4v) is 5.13. The first-order chi connectivity index (χ1) is 13.5. The maximum absolute atomic E-state index is 10.4. The number of benzene rings is 2. The molecule has 0 saturated carbocycles. The van der Waals surface area contributed by atoms with Crippen LogP contribution in [0.3, 0.4) is 0 Å². The lowest BCUT2D eigenvalue weighted by Gasteiger charge is -2.40. The molecule has 0 amide bonds. The molecule has 1 saturated heterocycles. The molecule has 0 aliphatic carbocycles. The number of hydrogen-bond acceptors (Lipinski definition) is 7. The minimum Gasteiger partial charge on any atom is -0.497 e. The minimum absolute atomic E-state index is 0.297. The van der Waals surface area contributed by atoms with Crippen molar-refractivity contribution in [3.8, 4) is 5.75 Å². The number of ether oxygens (including phenoxy) is 2. The third-order valence-electron chi connectivity index (χ3n) is 5.47. The normalized spacial score (nSPS) is 32.2. The molecular weight excluding hydrogens is 380 g/mol. The number of aliphatic hydroxyl groups excluding tert-OH is 4. The van der Waals surface area contributed by atoms with Gasteiger partial charge in [0.2, 0.25) is 0 Å². The Kier molecular flexibility index (Phi) is 5.64. The number of aliphatic hydroxyl groups is 4. The van der Waals surface area contributed by atoms with Crippen molar-refractivity contribution in [1.29, 1.82) is 0 Å². The highest BCUT2D eigenvalue weighted by atomic mass is 32.2. The van der Waals surface area contributed by atoms with Gasteiger partial charge in [-0.25, -0.2) is 0 Å². The van der Waals surface area contributed by atoms with Crippen molar-refractivity contribution in [2.24, 2.45) is 0 Å². The van der Waals surface area contributed by atoms with Crippen molar-refractivity contribution in [2.75, 3.05) is 13.7 Å². The van der Waals surface area contributed by atoms with Gasteiger partial charge in [-0.2, -0.15) is 0 Å². The molecule has 1 fully saturated rings. The predicted octanol–water partition coefficient (Wildman–Crippen LogP) is 1.60. The number of thioether (sulfide) groups is 1. The Bertz CT molecular complexity index is 824. The van der Waals surface area contributed by atoms with Crippen LogP contribution in [0.1, 0.15) is 28.0 Å². The summed E-state index contributed by atoms with van der Waals surface area (Å²) in [5.74, 6) is 0.828. The summed E-state index contributed by atoms with van der Waals surface area (Å²) in [5.41, 5.74) is 3.10. The van der Waals surface area contributed by atoms with Gasteiger partial charge in [0.1, 0.15) is 36.3 Å². The first-order valence-electron chi connectivity index (χ1n) is 9.25. The van der Waals surface area contributed by atoms with Crippen LogP contribution in [0.15, 0.2) is 47.4 Å². The molecule has 2 aliphatic heterocycles. The van der Waals surface area contributed by atoms with E-state index in [1.807, 2.05) is 30.3 Å². The Labute approximate surface area is 167 Å². The van der Waals surface area contributed by atoms with E-state index < -0.39 is 37.1 Å². The van der Waals surface area contributed by atoms with Gasteiger partial charge in [0.05, 0.1) is 13.7 Å². The van der Waals surface area contributed by atoms with E-state index in [1.165, 1.54) is 10.5 Å². The Morgan fingerprint density at radius 2 is 1.71 bits per heavy atom. The fraction of sp³-hybridized carbons (Fsp3) is 0.429. The van der Waals surface area contributed by atoms with Gasteiger partial charge in [0.15, 0.2) is 0 Å². The van der Waals surface area contributed by atoms with Gasteiger partial charge in [-0.3, -0.25) is 0 Å². The molecule has 2 aromatic carbocycles. The molecule has 2 heterocycles. The fourth-order valence-electron chi connectivity index (χ4n) is 3.83. The second-order valence-electron chi connectivity index (χ2n) is 7.20. The molecule has 1 unspecified atom stereocenters. The highest BCUT2D eigenvalue weighted by molar-refractivity contribution is 7.99. The Morgan fingerprint density at radius 1 is 1.00 bits per heavy atom. The highest BCUT2D eigenvalue weighted by Crippen LogP contribution is 2.47. The zero-order valence-electron chi connectivity index (χ0n) is 15.4. The van der Waals surface area contributed by atoms with Crippen LogP contribution in [-0.4, -0.2) is 58.6 Å². The van der Waals surface area contributed by atoms with Gasteiger partial charge in [-0.05, 0) is 41.3 Å². The molecule has 6 atom stereocenters. The van der Waals surface area contributed by atoms with Crippen LogP contribution in [0.25, 0.3) is 0 Å². The monoisotopic (exact) mass is 404 g/mol. The van der Waals surface area contributed by atoms with E-state index in [4.69, 9.17) is 9.47 Å². The van der Waals surface area contributed by atoms with E-state index in [9.17, 15) is 20.4 Å². The van der Waals surface area contributed by atoms with Crippen LogP contribution in [0.5, 0.6) is 5.75 Å². The van der Waals surface area contributed by atoms with Crippen molar-refractivity contribution < 1.29 is 29.9 Å². The molecule has 4 rings (SSSR count). The largest absolute Gasteiger partial charge is 0.497 e. The van der Waals surface area contributed by atoms with E-state index >= 15 is 0 Å². The minimum atomic E-state index is -1.37. The molecule has 0 aromatic heterocycles. The second-order valence-corrected chi connectivity index (χ2v) is 8.44. The molecule has 7 heteroatoms. The lowest BCUT2D eigenvalue weighted by Crippen LogP contribution is -2.55. The predicted molar refractivity (Wildman–Crippen MR) is 104 cm³/mol. The van der Waals surface area contributed by atoms with E-state index in [-0.39, 0.29) is 0 Å². The summed E-state index contributed by atoms with van der Waals surface area (Å²) >= 11 is 1.79. The first-order valence-corrected chi connectivity index (χ1v) is 10.1. The summed E-state index contributed by atoms with van der Waals surface area (Å²) in [6.07, 6.45) is -4.84. The maximum Gasteiger partial charge on any atom is 0.118 e. The third kappa shape index (κ3) is 3.54. The van der Waals surface area contributed by atoms with Crippen LogP contribution < -0.4 is 4.74 Å². The number of methoxy groups -OCH3 is 1. The van der Waals surface area contributed by atoms with Crippen LogP contribution in [0.4, 0.5) is 0 Å². The average molecular weight is 404 g/mol. The summed E-state index contributed by atoms with van der Waals surface area (Å²) < 4.78 is 10.9. The zero-order valence-corrected chi connectivity index (χ0v) is 16.2. The van der Waals surface area contributed by atoms with Crippen molar-refractivity contribution in [2.45, 2.75) is 47.1 Å². The van der Waals surface area contributed by atoms with Crippen LogP contribution in [0, 0.1) is 0 Å². The summed E-state index contributed by atoms with van der Waals surface area (Å²) in [7, 11) is 1.65. The Morgan fingerprint density at radius 3 is 2.39 bits per heavy atom. The number of fused-ring (bicyclic) bond motifs is 1. The lowest BCUT2D eigenvalue weighted by molar-refractivity contribution is -0.231. The van der Waals surface area contributed by atoms with Crippen LogP contribution in [-0.2, 0) is 11.2 Å². The smallest absolute Gasteiger partial charge is 0.118 e. The molecule has 4 N–H and O–H groups in total. The average Bonchev–Trinajstić information content (AvgIpc) is 3.16. The second kappa shape index (κ2) is 8.02. The van der Waals surface area contributed by atoms with Gasteiger partial charge in [-0.15, -0.1) is 11.8 Å². The standard InChI is InChI=1S/C21H24O6S/c1-26-14-5-2-11(3-6-14)17-9-13-8-12(4-7-16(13)28-17)21-20(25)19(24)18(23)15(10-22)27-21/h2-8,15,17-25H,9-10H2,1H3/t15-,17?,18-,19+,20-,21+/m1/s1. The maximum atomic E-state index is 10.4. The molecule has 0 spiro atoms. The molecule has 2 aliphatic rings. The Hall–Kier alpha value is -1.61.